The van der Waals surface area contributed by atoms with Gasteiger partial charge in [0.05, 0.1) is 39.6 Å². The number of hydrogen-bond donors (Lipinski definition) is 3. The van der Waals surface area contributed by atoms with Crippen LogP contribution >= 0.6 is 0 Å². The maximum atomic E-state index is 12.2. The number of pyridine rings is 4. The van der Waals surface area contributed by atoms with Crippen LogP contribution < -0.4 is 14.6 Å². The minimum Gasteiger partial charge on any atom is -0.573 e. The number of ether oxygens (including phenoxy) is 2. The number of carboxylic acids is 2. The van der Waals surface area contributed by atoms with Crippen molar-refractivity contribution < 1.29 is 71.5 Å². The largest absolute Gasteiger partial charge is 1.00 e. The van der Waals surface area contributed by atoms with Crippen LogP contribution in [0.15, 0.2) is 85.5 Å². The number of rotatable bonds is 9. The Hall–Kier alpha value is -6.69. The Morgan fingerprint density at radius 3 is 1.52 bits per heavy atom. The van der Waals surface area contributed by atoms with E-state index in [9.17, 15) is 32.3 Å². The number of nitrogens with one attached hydrogen (secondary N) is 1. The summed E-state index contributed by atoms with van der Waals surface area (Å²) in [6.45, 7) is 2.36. The topological polar surface area (TPSA) is 234 Å². The first kappa shape index (κ1) is 39.7. The molecule has 0 saturated heterocycles. The zero-order valence-electron chi connectivity index (χ0n) is 26.2. The molecule has 20 heteroatoms. The van der Waals surface area contributed by atoms with Gasteiger partial charge >= 0.3 is 37.6 Å². The van der Waals surface area contributed by atoms with Crippen LogP contribution in [0.3, 0.4) is 0 Å². The average molecular weight is 805 g/mol. The zero-order chi connectivity index (χ0) is 37.0. The molecule has 6 heterocycles. The second-order valence-electron chi connectivity index (χ2n) is 9.70. The van der Waals surface area contributed by atoms with Gasteiger partial charge in [-0.15, -0.1) is 0 Å². The van der Waals surface area contributed by atoms with Crippen LogP contribution in [0.1, 0.15) is 32.1 Å². The molecule has 6 rings (SSSR count). The van der Waals surface area contributed by atoms with Gasteiger partial charge in [-0.2, -0.15) is 18.3 Å². The molecule has 0 amide bonds. The minimum atomic E-state index is -4.46. The number of halogens is 3. The van der Waals surface area contributed by atoms with E-state index in [1.54, 1.807) is 13.0 Å². The summed E-state index contributed by atoms with van der Waals surface area (Å²) in [5, 5.41) is 30.6. The molecular formula is C32H22F3N8O8Ru. The van der Waals surface area contributed by atoms with Gasteiger partial charge in [0.2, 0.25) is 0 Å². The SMILES string of the molecule is Cc1cc(-c2cc(C(F)(F)F)n[n-]2)n[nH]1.O=COc1ccnc(-c2cc(C(=O)O)ccn2)c1.O=COc1ccnc(-c2cc(C(=O)O)ccn2)c1.[Ru+]. The molecule has 0 spiro atoms. The summed E-state index contributed by atoms with van der Waals surface area (Å²) in [5.41, 5.74) is 2.10. The molecule has 6 aromatic rings. The molecule has 0 aliphatic carbocycles. The fraction of sp³-hybridized carbons (Fsp3) is 0.0625. The van der Waals surface area contributed by atoms with E-state index in [1.165, 1.54) is 73.3 Å². The van der Waals surface area contributed by atoms with Crippen molar-refractivity contribution in [2.75, 3.05) is 0 Å². The molecule has 0 aromatic carbocycles. The van der Waals surface area contributed by atoms with Gasteiger partial charge in [0.15, 0.2) is 0 Å². The maximum Gasteiger partial charge on any atom is 1.00 e. The number of alkyl halides is 3. The molecule has 1 radical (unpaired) electrons. The van der Waals surface area contributed by atoms with E-state index in [0.29, 0.717) is 52.9 Å². The fourth-order valence-electron chi connectivity index (χ4n) is 3.88. The van der Waals surface area contributed by atoms with Crippen LogP contribution in [0, 0.1) is 6.92 Å². The third-order valence-electron chi connectivity index (χ3n) is 6.17. The van der Waals surface area contributed by atoms with Crippen LogP contribution in [0.2, 0.25) is 0 Å². The average Bonchev–Trinajstić information content (AvgIpc) is 3.80. The number of carbonyl (C=O) groups excluding carboxylic acids is 2. The van der Waals surface area contributed by atoms with Crippen LogP contribution in [0.4, 0.5) is 13.2 Å². The summed E-state index contributed by atoms with van der Waals surface area (Å²) in [6, 6.07) is 14.1. The van der Waals surface area contributed by atoms with Crippen molar-refractivity contribution in [2.45, 2.75) is 13.1 Å². The van der Waals surface area contributed by atoms with Gasteiger partial charge in [0, 0.05) is 42.6 Å². The number of aromatic amines is 1. The second-order valence-corrected chi connectivity index (χ2v) is 9.70. The van der Waals surface area contributed by atoms with Crippen molar-refractivity contribution in [3.8, 4) is 45.7 Å². The van der Waals surface area contributed by atoms with E-state index in [0.717, 1.165) is 11.8 Å². The monoisotopic (exact) mass is 805 g/mol. The number of aromatic nitrogens is 8. The van der Waals surface area contributed by atoms with Crippen molar-refractivity contribution in [1.82, 2.24) is 40.3 Å². The molecule has 0 atom stereocenters. The Balaban J connectivity index is 0.000000209. The fourth-order valence-corrected chi connectivity index (χ4v) is 3.88. The van der Waals surface area contributed by atoms with Crippen LogP contribution in [-0.4, -0.2) is 70.3 Å². The van der Waals surface area contributed by atoms with Gasteiger partial charge < -0.3 is 29.9 Å². The van der Waals surface area contributed by atoms with E-state index in [4.69, 9.17) is 10.2 Å². The third-order valence-corrected chi connectivity index (χ3v) is 6.17. The molecule has 0 unspecified atom stereocenters. The quantitative estimate of drug-likeness (QED) is 0.135. The summed E-state index contributed by atoms with van der Waals surface area (Å²) in [7, 11) is 0. The molecular weight excluding hydrogens is 782 g/mol. The summed E-state index contributed by atoms with van der Waals surface area (Å²) in [5.74, 6) is -1.45. The second kappa shape index (κ2) is 18.3. The van der Waals surface area contributed by atoms with E-state index < -0.39 is 23.8 Å². The van der Waals surface area contributed by atoms with Crippen molar-refractivity contribution >= 4 is 24.9 Å². The molecule has 3 N–H and O–H groups in total. The minimum absolute atomic E-state index is 0. The smallest absolute Gasteiger partial charge is 0.573 e. The summed E-state index contributed by atoms with van der Waals surface area (Å²) in [4.78, 5) is 58.3. The number of hydrogen-bond acceptors (Lipinski definition) is 12. The predicted molar refractivity (Wildman–Crippen MR) is 167 cm³/mol. The number of carbonyl (C=O) groups is 4. The summed E-state index contributed by atoms with van der Waals surface area (Å²) >= 11 is 0. The molecule has 0 fully saturated rings. The van der Waals surface area contributed by atoms with Crippen molar-refractivity contribution in [3.05, 3.63) is 108 Å². The maximum absolute atomic E-state index is 12.2. The first-order valence-corrected chi connectivity index (χ1v) is 14.0. The predicted octanol–water partition coefficient (Wildman–Crippen LogP) is 4.51. The molecule has 0 bridgehead atoms. The zero-order valence-corrected chi connectivity index (χ0v) is 27.9. The van der Waals surface area contributed by atoms with Crippen molar-refractivity contribution in [2.24, 2.45) is 0 Å². The molecule has 0 aliphatic heterocycles. The molecule has 16 nitrogen and oxygen atoms in total. The normalized spacial score (nSPS) is 10.2. The van der Waals surface area contributed by atoms with Gasteiger partial charge in [-0.1, -0.05) is 5.69 Å². The summed E-state index contributed by atoms with van der Waals surface area (Å²) < 4.78 is 45.9. The van der Waals surface area contributed by atoms with E-state index in [2.05, 4.69) is 49.8 Å². The Morgan fingerprint density at radius 2 is 1.15 bits per heavy atom. The van der Waals surface area contributed by atoms with Crippen molar-refractivity contribution in [1.29, 1.82) is 0 Å². The van der Waals surface area contributed by atoms with E-state index in [-0.39, 0.29) is 36.3 Å². The Morgan fingerprint density at radius 1 is 0.712 bits per heavy atom. The van der Waals surface area contributed by atoms with E-state index >= 15 is 0 Å². The Labute approximate surface area is 302 Å². The van der Waals surface area contributed by atoms with Crippen LogP contribution in [-0.2, 0) is 35.2 Å². The van der Waals surface area contributed by atoms with Gasteiger partial charge in [-0.05, 0) is 55.5 Å². The Kier molecular flexibility index (Phi) is 14.0. The number of H-pyrrole nitrogens is 1. The molecule has 0 saturated carbocycles. The number of nitrogens with zero attached hydrogens (tertiary/aromatic N) is 7. The molecule has 267 valence electrons. The summed E-state index contributed by atoms with van der Waals surface area (Å²) in [6.07, 6.45) is 1.20. The molecule has 52 heavy (non-hydrogen) atoms. The molecule has 6 aromatic heterocycles. The van der Waals surface area contributed by atoms with Crippen molar-refractivity contribution in [3.63, 3.8) is 0 Å². The van der Waals surface area contributed by atoms with Gasteiger partial charge in [-0.25, -0.2) is 9.59 Å². The standard InChI is InChI=1S/2C12H8N2O4.C8H6F3N4.Ru/c2*15-7-18-9-2-4-14-11(6-9)10-5-8(12(16)17)1-3-13-10;1-4-2-5(13-12-4)6-3-7(15-14-6)8(9,10)11;/h2*1-7H,(H,16,17);2-3H,1H3,(H-,12,13,14,15);/q;;-1;+1. The first-order valence-electron chi connectivity index (χ1n) is 14.0. The van der Waals surface area contributed by atoms with Gasteiger partial charge in [0.25, 0.3) is 12.9 Å². The number of aryl methyl sites for hydroxylation is 1. The van der Waals surface area contributed by atoms with E-state index in [1.807, 2.05) is 0 Å². The third kappa shape index (κ3) is 11.2. The van der Waals surface area contributed by atoms with Crippen LogP contribution in [0.5, 0.6) is 11.5 Å². The first-order chi connectivity index (χ1) is 24.4. The van der Waals surface area contributed by atoms with Gasteiger partial charge in [0.1, 0.15) is 17.2 Å². The Bertz CT molecular complexity index is 2050. The number of carboxylic acid groups (broad SMARTS) is 2. The van der Waals surface area contributed by atoms with Crippen LogP contribution in [0.25, 0.3) is 34.2 Å². The number of aromatic carboxylic acids is 2. The molecule has 0 aliphatic rings. The van der Waals surface area contributed by atoms with Gasteiger partial charge in [-0.3, -0.25) is 34.6 Å².